The third kappa shape index (κ3) is 1.06. The normalized spacial score (nSPS) is 45.6. The van der Waals surface area contributed by atoms with E-state index in [0.717, 1.165) is 12.8 Å². The molecule has 1 aliphatic carbocycles. The topological polar surface area (TPSA) is 40.5 Å². The summed E-state index contributed by atoms with van der Waals surface area (Å²) in [6.45, 7) is 4.31. The molecular formula is C8H16O2. The Morgan fingerprint density at radius 3 is 2.10 bits per heavy atom. The van der Waals surface area contributed by atoms with Crippen molar-refractivity contribution < 1.29 is 10.2 Å². The van der Waals surface area contributed by atoms with Gasteiger partial charge in [-0.15, -0.1) is 0 Å². The minimum absolute atomic E-state index is 0.196. The SMILES string of the molecule is CC1C(C)C1(O)CCCO. The maximum atomic E-state index is 9.69. The highest BCUT2D eigenvalue weighted by atomic mass is 16.3. The summed E-state index contributed by atoms with van der Waals surface area (Å²) in [6, 6.07) is 0. The Morgan fingerprint density at radius 2 is 1.80 bits per heavy atom. The number of rotatable bonds is 3. The van der Waals surface area contributed by atoms with Gasteiger partial charge in [-0.3, -0.25) is 0 Å². The number of hydrogen-bond donors (Lipinski definition) is 2. The molecule has 0 aliphatic heterocycles. The summed E-state index contributed by atoms with van der Waals surface area (Å²) in [5, 5.41) is 18.2. The van der Waals surface area contributed by atoms with Crippen LogP contribution in [0, 0.1) is 11.8 Å². The van der Waals surface area contributed by atoms with E-state index in [2.05, 4.69) is 13.8 Å². The molecule has 0 radical (unpaired) electrons. The van der Waals surface area contributed by atoms with Gasteiger partial charge in [0.25, 0.3) is 0 Å². The van der Waals surface area contributed by atoms with E-state index < -0.39 is 5.60 Å². The fourth-order valence-electron chi connectivity index (χ4n) is 1.66. The van der Waals surface area contributed by atoms with Gasteiger partial charge in [0.15, 0.2) is 0 Å². The second kappa shape index (κ2) is 2.51. The van der Waals surface area contributed by atoms with Gasteiger partial charge in [0, 0.05) is 6.61 Å². The molecule has 1 saturated carbocycles. The number of hydrogen-bond acceptors (Lipinski definition) is 2. The second-order valence-electron chi connectivity index (χ2n) is 3.40. The monoisotopic (exact) mass is 144 g/mol. The molecular weight excluding hydrogens is 128 g/mol. The third-order valence-corrected chi connectivity index (χ3v) is 2.95. The minimum atomic E-state index is -0.442. The van der Waals surface area contributed by atoms with Crippen LogP contribution in [0.4, 0.5) is 0 Å². The molecule has 1 fully saturated rings. The van der Waals surface area contributed by atoms with Crippen molar-refractivity contribution in [2.45, 2.75) is 32.3 Å². The summed E-state index contributed by atoms with van der Waals surface area (Å²) < 4.78 is 0. The average molecular weight is 144 g/mol. The first kappa shape index (κ1) is 8.02. The lowest BCUT2D eigenvalue weighted by Gasteiger charge is -2.07. The summed E-state index contributed by atoms with van der Waals surface area (Å²) in [4.78, 5) is 0. The second-order valence-corrected chi connectivity index (χ2v) is 3.40. The van der Waals surface area contributed by atoms with Crippen molar-refractivity contribution in [3.63, 3.8) is 0 Å². The molecule has 60 valence electrons. The van der Waals surface area contributed by atoms with Crippen LogP contribution in [0.25, 0.3) is 0 Å². The van der Waals surface area contributed by atoms with Gasteiger partial charge in [0.05, 0.1) is 5.60 Å². The Morgan fingerprint density at radius 1 is 1.30 bits per heavy atom. The maximum absolute atomic E-state index is 9.69. The first-order valence-corrected chi connectivity index (χ1v) is 3.96. The van der Waals surface area contributed by atoms with Crippen molar-refractivity contribution in [1.82, 2.24) is 0 Å². The minimum Gasteiger partial charge on any atom is -0.396 e. The van der Waals surface area contributed by atoms with Crippen LogP contribution < -0.4 is 0 Å². The maximum Gasteiger partial charge on any atom is 0.0706 e. The Labute approximate surface area is 61.9 Å². The standard InChI is InChI=1S/C8H16O2/c1-6-7(2)8(6,10)4-3-5-9/h6-7,9-10H,3-5H2,1-2H3. The Hall–Kier alpha value is -0.0800. The van der Waals surface area contributed by atoms with Crippen molar-refractivity contribution in [1.29, 1.82) is 0 Å². The summed E-state index contributed by atoms with van der Waals surface area (Å²) in [5.41, 5.74) is -0.442. The zero-order chi connectivity index (χ0) is 7.78. The molecule has 2 nitrogen and oxygen atoms in total. The van der Waals surface area contributed by atoms with E-state index in [9.17, 15) is 5.11 Å². The van der Waals surface area contributed by atoms with Gasteiger partial charge in [-0.25, -0.2) is 0 Å². The number of aliphatic hydroxyl groups is 2. The van der Waals surface area contributed by atoms with Gasteiger partial charge in [-0.1, -0.05) is 13.8 Å². The van der Waals surface area contributed by atoms with E-state index in [-0.39, 0.29) is 6.61 Å². The average Bonchev–Trinajstić information content (AvgIpc) is 2.38. The molecule has 0 saturated heterocycles. The molecule has 0 heterocycles. The molecule has 0 aromatic carbocycles. The smallest absolute Gasteiger partial charge is 0.0706 e. The molecule has 2 heteroatoms. The van der Waals surface area contributed by atoms with Crippen LogP contribution >= 0.6 is 0 Å². The third-order valence-electron chi connectivity index (χ3n) is 2.95. The molecule has 0 aromatic heterocycles. The van der Waals surface area contributed by atoms with Crippen molar-refractivity contribution in [2.24, 2.45) is 11.8 Å². The summed E-state index contributed by atoms with van der Waals surface area (Å²) in [6.07, 6.45) is 1.48. The summed E-state index contributed by atoms with van der Waals surface area (Å²) in [7, 11) is 0. The van der Waals surface area contributed by atoms with E-state index in [0.29, 0.717) is 11.8 Å². The molecule has 10 heavy (non-hydrogen) atoms. The lowest BCUT2D eigenvalue weighted by Crippen LogP contribution is -2.12. The molecule has 0 bridgehead atoms. The molecule has 2 atom stereocenters. The predicted octanol–water partition coefficient (Wildman–Crippen LogP) is 0.776. The Bertz CT molecular complexity index is 114. The van der Waals surface area contributed by atoms with E-state index in [4.69, 9.17) is 5.11 Å². The lowest BCUT2D eigenvalue weighted by molar-refractivity contribution is 0.102. The summed E-state index contributed by atoms with van der Waals surface area (Å²) >= 11 is 0. The molecule has 1 aliphatic rings. The van der Waals surface area contributed by atoms with Gasteiger partial charge in [-0.05, 0) is 24.7 Å². The predicted molar refractivity (Wildman–Crippen MR) is 39.6 cm³/mol. The highest BCUT2D eigenvalue weighted by Gasteiger charge is 2.57. The first-order chi connectivity index (χ1) is 4.63. The quantitative estimate of drug-likeness (QED) is 0.614. The lowest BCUT2D eigenvalue weighted by atomic mass is 10.1. The zero-order valence-corrected chi connectivity index (χ0v) is 6.67. The molecule has 0 aromatic rings. The first-order valence-electron chi connectivity index (χ1n) is 3.96. The van der Waals surface area contributed by atoms with Gasteiger partial charge in [-0.2, -0.15) is 0 Å². The Kier molecular flexibility index (Phi) is 2.02. The van der Waals surface area contributed by atoms with Gasteiger partial charge in [0.2, 0.25) is 0 Å². The van der Waals surface area contributed by atoms with Crippen LogP contribution in [-0.4, -0.2) is 22.4 Å². The molecule has 1 rings (SSSR count). The molecule has 2 unspecified atom stereocenters. The molecule has 0 amide bonds. The van der Waals surface area contributed by atoms with Gasteiger partial charge >= 0.3 is 0 Å². The van der Waals surface area contributed by atoms with E-state index in [1.165, 1.54) is 0 Å². The van der Waals surface area contributed by atoms with Crippen LogP contribution in [-0.2, 0) is 0 Å². The summed E-state index contributed by atoms with van der Waals surface area (Å²) in [5.74, 6) is 0.859. The van der Waals surface area contributed by atoms with Crippen LogP contribution in [0.3, 0.4) is 0 Å². The van der Waals surface area contributed by atoms with Crippen molar-refractivity contribution in [3.8, 4) is 0 Å². The van der Waals surface area contributed by atoms with Crippen molar-refractivity contribution in [2.75, 3.05) is 6.61 Å². The fourth-order valence-corrected chi connectivity index (χ4v) is 1.66. The number of aliphatic hydroxyl groups excluding tert-OH is 1. The van der Waals surface area contributed by atoms with Gasteiger partial charge in [0.1, 0.15) is 0 Å². The highest BCUT2D eigenvalue weighted by Crippen LogP contribution is 2.52. The van der Waals surface area contributed by atoms with Crippen LogP contribution in [0.2, 0.25) is 0 Å². The Balaban J connectivity index is 2.28. The van der Waals surface area contributed by atoms with Crippen molar-refractivity contribution in [3.05, 3.63) is 0 Å². The van der Waals surface area contributed by atoms with E-state index >= 15 is 0 Å². The van der Waals surface area contributed by atoms with E-state index in [1.54, 1.807) is 0 Å². The van der Waals surface area contributed by atoms with Crippen LogP contribution in [0.5, 0.6) is 0 Å². The van der Waals surface area contributed by atoms with Crippen LogP contribution in [0.1, 0.15) is 26.7 Å². The van der Waals surface area contributed by atoms with Gasteiger partial charge < -0.3 is 10.2 Å². The van der Waals surface area contributed by atoms with Crippen LogP contribution in [0.15, 0.2) is 0 Å². The molecule has 0 spiro atoms. The largest absolute Gasteiger partial charge is 0.396 e. The fraction of sp³-hybridized carbons (Fsp3) is 1.00. The highest BCUT2D eigenvalue weighted by molar-refractivity contribution is 5.07. The van der Waals surface area contributed by atoms with E-state index in [1.807, 2.05) is 0 Å². The molecule has 2 N–H and O–H groups in total. The zero-order valence-electron chi connectivity index (χ0n) is 6.67. The van der Waals surface area contributed by atoms with Crippen molar-refractivity contribution >= 4 is 0 Å².